The van der Waals surface area contributed by atoms with E-state index in [1.807, 2.05) is 6.07 Å². The van der Waals surface area contributed by atoms with Crippen LogP contribution in [-0.4, -0.2) is 58.2 Å². The lowest BCUT2D eigenvalue weighted by Crippen LogP contribution is -2.41. The molecular weight excluding hydrogens is 464 g/mol. The molecule has 184 valence electrons. The minimum atomic E-state index is -0.774. The van der Waals surface area contributed by atoms with Gasteiger partial charge >= 0.3 is 5.97 Å². The summed E-state index contributed by atoms with van der Waals surface area (Å²) < 4.78 is 0. The minimum absolute atomic E-state index is 0.0111. The zero-order valence-electron chi connectivity index (χ0n) is 19.5. The number of benzene rings is 1. The normalized spacial score (nSPS) is 22.6. The lowest BCUT2D eigenvalue weighted by Gasteiger charge is -2.31. The summed E-state index contributed by atoms with van der Waals surface area (Å²) in [4.78, 5) is 68.0. The van der Waals surface area contributed by atoms with Crippen LogP contribution in [0.25, 0.3) is 10.8 Å². The van der Waals surface area contributed by atoms with Crippen LogP contribution < -0.4 is 10.6 Å². The number of anilines is 2. The molecule has 4 aliphatic rings. The lowest BCUT2D eigenvalue weighted by atomic mass is 9.90. The number of hydrogen-bond acceptors (Lipinski definition) is 8. The van der Waals surface area contributed by atoms with Gasteiger partial charge in [-0.15, -0.1) is 5.06 Å². The molecule has 2 aromatic rings. The van der Waals surface area contributed by atoms with Gasteiger partial charge in [0.25, 0.3) is 23.6 Å². The monoisotopic (exact) mass is 488 g/mol. The second kappa shape index (κ2) is 8.52. The van der Waals surface area contributed by atoms with Crippen molar-refractivity contribution in [2.45, 2.75) is 63.5 Å². The highest BCUT2D eigenvalue weighted by atomic mass is 16.7. The Labute approximate surface area is 206 Å². The van der Waals surface area contributed by atoms with Gasteiger partial charge in [0.1, 0.15) is 0 Å². The standard InChI is InChI=1S/C26H24N4O6/c31-20-11-12-21(32)30(20)36-22(33)6-3-13-29-25(34)14-7-9-18-24-19(10-8-15(23(14)24)26(29)35)28-17-5-2-1-4-16(17)27-18/h7,9,16-17,27-28H,1-6,11-13H2. The molecule has 0 spiro atoms. The topological polar surface area (TPSA) is 125 Å². The lowest BCUT2D eigenvalue weighted by molar-refractivity contribution is -0.197. The summed E-state index contributed by atoms with van der Waals surface area (Å²) in [5, 5.41) is 9.01. The predicted molar refractivity (Wildman–Crippen MR) is 127 cm³/mol. The Balaban J connectivity index is 1.22. The van der Waals surface area contributed by atoms with Gasteiger partial charge in [0, 0.05) is 59.9 Å². The van der Waals surface area contributed by atoms with Crippen molar-refractivity contribution >= 4 is 51.7 Å². The van der Waals surface area contributed by atoms with Gasteiger partial charge in [0.15, 0.2) is 0 Å². The van der Waals surface area contributed by atoms with Gasteiger partial charge in [0.2, 0.25) is 0 Å². The van der Waals surface area contributed by atoms with Crippen LogP contribution in [-0.2, 0) is 19.2 Å². The van der Waals surface area contributed by atoms with Crippen LogP contribution in [0.5, 0.6) is 0 Å². The van der Waals surface area contributed by atoms with Gasteiger partial charge in [-0.3, -0.25) is 24.1 Å². The third-order valence-electron chi connectivity index (χ3n) is 7.35. The quantitative estimate of drug-likeness (QED) is 0.616. The van der Waals surface area contributed by atoms with Crippen molar-refractivity contribution in [1.29, 1.82) is 0 Å². The smallest absolute Gasteiger partial charge is 0.333 e. The van der Waals surface area contributed by atoms with Crippen LogP contribution in [0.4, 0.5) is 11.4 Å². The summed E-state index contributed by atoms with van der Waals surface area (Å²) in [6.07, 6.45) is 4.35. The van der Waals surface area contributed by atoms with Crippen molar-refractivity contribution in [3.63, 3.8) is 0 Å². The first kappa shape index (κ1) is 22.3. The molecule has 4 amide bonds. The molecule has 1 aliphatic carbocycles. The van der Waals surface area contributed by atoms with E-state index in [1.54, 1.807) is 6.07 Å². The number of amides is 4. The first-order chi connectivity index (χ1) is 17.4. The van der Waals surface area contributed by atoms with E-state index in [2.05, 4.69) is 22.8 Å². The first-order valence-corrected chi connectivity index (χ1v) is 12.3. The number of nitrogens with one attached hydrogen (secondary N) is 2. The molecule has 3 heterocycles. The van der Waals surface area contributed by atoms with E-state index in [0.717, 1.165) is 47.3 Å². The Morgan fingerprint density at radius 1 is 0.944 bits per heavy atom. The highest BCUT2D eigenvalue weighted by molar-refractivity contribution is 6.28. The van der Waals surface area contributed by atoms with Gasteiger partial charge in [-0.2, -0.15) is 0 Å². The largest absolute Gasteiger partial charge is 0.380 e. The van der Waals surface area contributed by atoms with Crippen molar-refractivity contribution in [1.82, 2.24) is 9.96 Å². The van der Waals surface area contributed by atoms with Gasteiger partial charge in [-0.1, -0.05) is 18.9 Å². The third kappa shape index (κ3) is 3.54. The van der Waals surface area contributed by atoms with E-state index in [9.17, 15) is 24.0 Å². The van der Waals surface area contributed by atoms with Crippen LogP contribution in [0.3, 0.4) is 0 Å². The molecule has 2 atom stereocenters. The van der Waals surface area contributed by atoms with E-state index in [4.69, 9.17) is 4.84 Å². The van der Waals surface area contributed by atoms with Crippen LogP contribution >= 0.6 is 0 Å². The van der Waals surface area contributed by atoms with Gasteiger partial charge in [0.05, 0.1) is 11.3 Å². The second-order valence-electron chi connectivity index (χ2n) is 9.61. The Bertz CT molecular complexity index is 1250. The molecule has 0 radical (unpaired) electrons. The number of rotatable bonds is 5. The van der Waals surface area contributed by atoms with E-state index in [-0.39, 0.29) is 49.9 Å². The molecule has 1 saturated carbocycles. The van der Waals surface area contributed by atoms with E-state index in [1.165, 1.54) is 0 Å². The molecule has 10 heteroatoms. The van der Waals surface area contributed by atoms with Crippen molar-refractivity contribution in [3.05, 3.63) is 35.4 Å². The number of hydrogen-bond donors (Lipinski definition) is 2. The molecule has 36 heavy (non-hydrogen) atoms. The molecule has 10 nitrogen and oxygen atoms in total. The molecule has 2 unspecified atom stereocenters. The maximum Gasteiger partial charge on any atom is 0.333 e. The maximum atomic E-state index is 13.3. The highest BCUT2D eigenvalue weighted by Crippen LogP contribution is 2.41. The van der Waals surface area contributed by atoms with Crippen molar-refractivity contribution in [3.8, 4) is 0 Å². The fourth-order valence-electron chi connectivity index (χ4n) is 5.56. The maximum absolute atomic E-state index is 13.3. The Morgan fingerprint density at radius 3 is 2.42 bits per heavy atom. The van der Waals surface area contributed by atoms with Crippen LogP contribution in [0.1, 0.15) is 72.1 Å². The van der Waals surface area contributed by atoms with Crippen LogP contribution in [0, 0.1) is 12.1 Å². The number of carbonyl (C=O) groups excluding carboxylic acids is 5. The molecule has 2 aromatic carbocycles. The molecule has 2 N–H and O–H groups in total. The molecule has 0 bridgehead atoms. The zero-order valence-corrected chi connectivity index (χ0v) is 19.5. The number of carbonyl (C=O) groups is 5. The average molecular weight is 489 g/mol. The van der Waals surface area contributed by atoms with Crippen LogP contribution in [0.2, 0.25) is 0 Å². The summed E-state index contributed by atoms with van der Waals surface area (Å²) in [5.74, 6) is -2.82. The summed E-state index contributed by atoms with van der Waals surface area (Å²) in [7, 11) is 0. The van der Waals surface area contributed by atoms with E-state index in [0.29, 0.717) is 16.0 Å². The Morgan fingerprint density at radius 2 is 1.67 bits per heavy atom. The van der Waals surface area contributed by atoms with Crippen LogP contribution in [0.15, 0.2) is 12.1 Å². The number of nitrogens with zero attached hydrogens (tertiary/aromatic N) is 2. The Hall–Kier alpha value is -4.13. The number of hydroxylamine groups is 2. The third-order valence-corrected chi connectivity index (χ3v) is 7.35. The molecular formula is C26H24N4O6. The van der Waals surface area contributed by atoms with Crippen molar-refractivity contribution in [2.24, 2.45) is 0 Å². The molecule has 3 aliphatic heterocycles. The minimum Gasteiger partial charge on any atom is -0.380 e. The SMILES string of the molecule is O=C(CCCN1C(=O)c2c#cc3c4c(ccc(c24)C1=O)NC1CCCCC1N3)ON1C(=O)CCC1=O. The van der Waals surface area contributed by atoms with Crippen molar-refractivity contribution < 1.29 is 28.8 Å². The number of fused-ring (bicyclic) bond motifs is 1. The highest BCUT2D eigenvalue weighted by Gasteiger charge is 2.37. The fourth-order valence-corrected chi connectivity index (χ4v) is 5.56. The second-order valence-corrected chi connectivity index (χ2v) is 9.61. The molecule has 2 fully saturated rings. The summed E-state index contributed by atoms with van der Waals surface area (Å²) in [6, 6.07) is 10.2. The van der Waals surface area contributed by atoms with Gasteiger partial charge in [-0.05, 0) is 37.5 Å². The summed E-state index contributed by atoms with van der Waals surface area (Å²) >= 11 is 0. The molecule has 0 aromatic heterocycles. The van der Waals surface area contributed by atoms with Gasteiger partial charge in [-0.25, -0.2) is 4.79 Å². The molecule has 1 saturated heterocycles. The summed E-state index contributed by atoms with van der Waals surface area (Å²) in [5.41, 5.74) is 2.30. The van der Waals surface area contributed by atoms with Gasteiger partial charge < -0.3 is 15.5 Å². The first-order valence-electron chi connectivity index (χ1n) is 12.3. The summed E-state index contributed by atoms with van der Waals surface area (Å²) in [6.45, 7) is -0.0203. The molecule has 6 rings (SSSR count). The zero-order chi connectivity index (χ0) is 25.0. The fraction of sp³-hybridized carbons (Fsp3) is 0.423. The average Bonchev–Trinajstić information content (AvgIpc) is 3.08. The van der Waals surface area contributed by atoms with E-state index < -0.39 is 29.6 Å². The predicted octanol–water partition coefficient (Wildman–Crippen LogP) is 2.57. The van der Waals surface area contributed by atoms with Crippen molar-refractivity contribution in [2.75, 3.05) is 17.2 Å². The Kier molecular flexibility index (Phi) is 5.29. The van der Waals surface area contributed by atoms with E-state index >= 15 is 0 Å². The number of imide groups is 2.